The maximum atomic E-state index is 5.34. The minimum absolute atomic E-state index is 0.834. The second-order valence-electron chi connectivity index (χ2n) is 4.66. The lowest BCUT2D eigenvalue weighted by Gasteiger charge is -2.29. The van der Waals surface area contributed by atoms with Crippen molar-refractivity contribution in [1.29, 1.82) is 0 Å². The largest absolute Gasteiger partial charge is 0.379 e. The summed E-state index contributed by atoms with van der Waals surface area (Å²) in [6, 6.07) is 0. The molecule has 0 N–H and O–H groups in total. The van der Waals surface area contributed by atoms with E-state index in [2.05, 4.69) is 25.7 Å². The van der Waals surface area contributed by atoms with E-state index >= 15 is 0 Å². The summed E-state index contributed by atoms with van der Waals surface area (Å²) < 4.78 is 5.34. The third-order valence-electron chi connectivity index (χ3n) is 3.39. The molecule has 0 amide bonds. The molecule has 0 radical (unpaired) electrons. The highest BCUT2D eigenvalue weighted by Crippen LogP contribution is 2.19. The van der Waals surface area contributed by atoms with Crippen molar-refractivity contribution in [1.82, 2.24) is 4.90 Å². The molecule has 2 nitrogen and oxygen atoms in total. The number of rotatable bonds is 5. The monoisotopic (exact) mass is 199 g/mol. The lowest BCUT2D eigenvalue weighted by Crippen LogP contribution is -2.37. The minimum Gasteiger partial charge on any atom is -0.379 e. The second-order valence-corrected chi connectivity index (χ2v) is 4.66. The summed E-state index contributed by atoms with van der Waals surface area (Å²) in [5.74, 6) is 1.74. The summed E-state index contributed by atoms with van der Waals surface area (Å²) in [5, 5.41) is 0. The van der Waals surface area contributed by atoms with Crippen LogP contribution >= 0.6 is 0 Å². The van der Waals surface area contributed by atoms with Crippen LogP contribution in [-0.4, -0.2) is 37.7 Å². The normalized spacial score (nSPS) is 21.4. The van der Waals surface area contributed by atoms with Gasteiger partial charge in [-0.2, -0.15) is 0 Å². The number of hydrogen-bond donors (Lipinski definition) is 0. The first-order valence-electron chi connectivity index (χ1n) is 6.04. The molecular formula is C12H25NO. The Bertz CT molecular complexity index is 141. The van der Waals surface area contributed by atoms with Crippen molar-refractivity contribution in [3.8, 4) is 0 Å². The van der Waals surface area contributed by atoms with Crippen LogP contribution in [0.3, 0.4) is 0 Å². The number of hydrogen-bond acceptors (Lipinski definition) is 2. The van der Waals surface area contributed by atoms with Crippen LogP contribution in [0.1, 0.15) is 33.6 Å². The SMILES string of the molecule is CCC(CCN1CCOCC1)C(C)C. The van der Waals surface area contributed by atoms with E-state index < -0.39 is 0 Å². The van der Waals surface area contributed by atoms with E-state index in [1.165, 1.54) is 19.4 Å². The number of ether oxygens (including phenoxy) is 1. The number of morpholine rings is 1. The first-order chi connectivity index (χ1) is 6.74. The van der Waals surface area contributed by atoms with Gasteiger partial charge in [-0.1, -0.05) is 27.2 Å². The van der Waals surface area contributed by atoms with Crippen LogP contribution in [0.5, 0.6) is 0 Å². The summed E-state index contributed by atoms with van der Waals surface area (Å²) in [7, 11) is 0. The molecule has 1 fully saturated rings. The Morgan fingerprint density at radius 2 is 1.86 bits per heavy atom. The first-order valence-corrected chi connectivity index (χ1v) is 6.04. The van der Waals surface area contributed by atoms with Crippen molar-refractivity contribution in [3.63, 3.8) is 0 Å². The van der Waals surface area contributed by atoms with E-state index in [9.17, 15) is 0 Å². The maximum absolute atomic E-state index is 5.34. The average Bonchev–Trinajstić information content (AvgIpc) is 2.20. The molecule has 1 aliphatic heterocycles. The molecule has 1 heterocycles. The molecule has 0 aromatic rings. The van der Waals surface area contributed by atoms with Crippen LogP contribution in [0, 0.1) is 11.8 Å². The van der Waals surface area contributed by atoms with Gasteiger partial charge in [-0.3, -0.25) is 4.90 Å². The lowest BCUT2D eigenvalue weighted by molar-refractivity contribution is 0.0343. The van der Waals surface area contributed by atoms with Crippen molar-refractivity contribution in [3.05, 3.63) is 0 Å². The van der Waals surface area contributed by atoms with Gasteiger partial charge in [0.2, 0.25) is 0 Å². The van der Waals surface area contributed by atoms with Gasteiger partial charge in [0.15, 0.2) is 0 Å². The lowest BCUT2D eigenvalue weighted by atomic mass is 9.90. The van der Waals surface area contributed by atoms with E-state index in [0.29, 0.717) is 0 Å². The standard InChI is InChI=1S/C12H25NO/c1-4-12(11(2)3)5-6-13-7-9-14-10-8-13/h11-12H,4-10H2,1-3H3. The molecule has 1 atom stereocenters. The minimum atomic E-state index is 0.834. The molecule has 0 saturated carbocycles. The van der Waals surface area contributed by atoms with Crippen molar-refractivity contribution in [2.45, 2.75) is 33.6 Å². The fraction of sp³-hybridized carbons (Fsp3) is 1.00. The number of nitrogens with zero attached hydrogens (tertiary/aromatic N) is 1. The summed E-state index contributed by atoms with van der Waals surface area (Å²) in [6.07, 6.45) is 2.68. The highest BCUT2D eigenvalue weighted by Gasteiger charge is 2.14. The van der Waals surface area contributed by atoms with Crippen LogP contribution in [0.25, 0.3) is 0 Å². The highest BCUT2D eigenvalue weighted by molar-refractivity contribution is 4.67. The molecular weight excluding hydrogens is 174 g/mol. The van der Waals surface area contributed by atoms with Gasteiger partial charge in [0.1, 0.15) is 0 Å². The molecule has 0 spiro atoms. The molecule has 0 aliphatic carbocycles. The average molecular weight is 199 g/mol. The zero-order valence-corrected chi connectivity index (χ0v) is 9.96. The second kappa shape index (κ2) is 6.41. The van der Waals surface area contributed by atoms with Crippen molar-refractivity contribution >= 4 is 0 Å². The Morgan fingerprint density at radius 3 is 2.36 bits per heavy atom. The first kappa shape index (κ1) is 12.0. The van der Waals surface area contributed by atoms with Crippen LogP contribution in [0.15, 0.2) is 0 Å². The molecule has 1 saturated heterocycles. The van der Waals surface area contributed by atoms with E-state index in [1.807, 2.05) is 0 Å². The van der Waals surface area contributed by atoms with Gasteiger partial charge in [0.25, 0.3) is 0 Å². The molecule has 14 heavy (non-hydrogen) atoms. The van der Waals surface area contributed by atoms with E-state index in [1.54, 1.807) is 0 Å². The molecule has 1 rings (SSSR count). The Labute approximate surface area is 88.6 Å². The summed E-state index contributed by atoms with van der Waals surface area (Å²) in [5.41, 5.74) is 0. The quantitative estimate of drug-likeness (QED) is 0.674. The zero-order chi connectivity index (χ0) is 10.4. The van der Waals surface area contributed by atoms with Crippen LogP contribution in [-0.2, 0) is 4.74 Å². The molecule has 0 aromatic heterocycles. The topological polar surface area (TPSA) is 12.5 Å². The molecule has 0 bridgehead atoms. The Balaban J connectivity index is 2.16. The Morgan fingerprint density at radius 1 is 1.21 bits per heavy atom. The Hall–Kier alpha value is -0.0800. The van der Waals surface area contributed by atoms with E-state index in [-0.39, 0.29) is 0 Å². The fourth-order valence-electron chi connectivity index (χ4n) is 2.18. The molecule has 0 aromatic carbocycles. The fourth-order valence-corrected chi connectivity index (χ4v) is 2.18. The van der Waals surface area contributed by atoms with Gasteiger partial charge in [-0.05, 0) is 24.8 Å². The third kappa shape index (κ3) is 3.97. The van der Waals surface area contributed by atoms with E-state index in [4.69, 9.17) is 4.74 Å². The Kier molecular flexibility index (Phi) is 5.49. The predicted octanol–water partition coefficient (Wildman–Crippen LogP) is 2.39. The van der Waals surface area contributed by atoms with E-state index in [0.717, 1.165) is 38.1 Å². The summed E-state index contributed by atoms with van der Waals surface area (Å²) in [4.78, 5) is 2.54. The van der Waals surface area contributed by atoms with Crippen LogP contribution in [0.2, 0.25) is 0 Å². The van der Waals surface area contributed by atoms with Gasteiger partial charge in [-0.25, -0.2) is 0 Å². The predicted molar refractivity (Wildman–Crippen MR) is 60.5 cm³/mol. The summed E-state index contributed by atoms with van der Waals surface area (Å²) >= 11 is 0. The van der Waals surface area contributed by atoms with Crippen LogP contribution < -0.4 is 0 Å². The summed E-state index contributed by atoms with van der Waals surface area (Å²) in [6.45, 7) is 12.4. The third-order valence-corrected chi connectivity index (χ3v) is 3.39. The maximum Gasteiger partial charge on any atom is 0.0594 e. The smallest absolute Gasteiger partial charge is 0.0594 e. The van der Waals surface area contributed by atoms with Crippen molar-refractivity contribution < 1.29 is 4.74 Å². The van der Waals surface area contributed by atoms with Gasteiger partial charge in [-0.15, -0.1) is 0 Å². The molecule has 84 valence electrons. The molecule has 2 heteroatoms. The van der Waals surface area contributed by atoms with Gasteiger partial charge >= 0.3 is 0 Å². The van der Waals surface area contributed by atoms with Gasteiger partial charge in [0, 0.05) is 13.1 Å². The van der Waals surface area contributed by atoms with Gasteiger partial charge in [0.05, 0.1) is 13.2 Å². The van der Waals surface area contributed by atoms with Crippen molar-refractivity contribution in [2.24, 2.45) is 11.8 Å². The zero-order valence-electron chi connectivity index (χ0n) is 9.96. The highest BCUT2D eigenvalue weighted by atomic mass is 16.5. The molecule has 1 aliphatic rings. The molecule has 1 unspecified atom stereocenters. The van der Waals surface area contributed by atoms with Crippen LogP contribution in [0.4, 0.5) is 0 Å². The van der Waals surface area contributed by atoms with Crippen molar-refractivity contribution in [2.75, 3.05) is 32.8 Å². The van der Waals surface area contributed by atoms with Gasteiger partial charge < -0.3 is 4.74 Å².